The van der Waals surface area contributed by atoms with Gasteiger partial charge in [-0.2, -0.15) is 0 Å². The molecular weight excluding hydrogens is 184 g/mol. The molecule has 0 bridgehead atoms. The van der Waals surface area contributed by atoms with Crippen LogP contribution in [0.2, 0.25) is 0 Å². The summed E-state index contributed by atoms with van der Waals surface area (Å²) in [6.45, 7) is 3.97. The number of amides is 2. The van der Waals surface area contributed by atoms with Crippen LogP contribution in [0.15, 0.2) is 0 Å². The van der Waals surface area contributed by atoms with E-state index in [9.17, 15) is 4.79 Å². The van der Waals surface area contributed by atoms with E-state index in [1.54, 1.807) is 12.0 Å². The number of nitrogens with one attached hydrogen (secondary N) is 1. The Morgan fingerprint density at radius 1 is 1.50 bits per heavy atom. The van der Waals surface area contributed by atoms with Gasteiger partial charge >= 0.3 is 6.03 Å². The normalized spacial score (nSPS) is 9.93. The Bertz CT molecular complexity index is 153. The minimum atomic E-state index is -0.141. The van der Waals surface area contributed by atoms with E-state index in [0.29, 0.717) is 26.2 Å². The van der Waals surface area contributed by atoms with Crippen molar-refractivity contribution in [2.24, 2.45) is 0 Å². The minimum Gasteiger partial charge on any atom is -0.395 e. The van der Waals surface area contributed by atoms with E-state index in [1.165, 1.54) is 0 Å². The number of aliphatic hydroxyl groups is 1. The van der Waals surface area contributed by atoms with E-state index in [2.05, 4.69) is 5.32 Å². The third-order valence-electron chi connectivity index (χ3n) is 1.75. The molecular formula is C9H20N2O3. The number of hydrogen-bond donors (Lipinski definition) is 2. The first-order valence-corrected chi connectivity index (χ1v) is 4.88. The van der Waals surface area contributed by atoms with Gasteiger partial charge in [0.1, 0.15) is 0 Å². The highest BCUT2D eigenvalue weighted by atomic mass is 16.5. The van der Waals surface area contributed by atoms with Gasteiger partial charge in [0.2, 0.25) is 0 Å². The number of rotatable bonds is 7. The van der Waals surface area contributed by atoms with Gasteiger partial charge in [-0.25, -0.2) is 4.79 Å². The van der Waals surface area contributed by atoms with E-state index in [1.807, 2.05) is 6.92 Å². The zero-order valence-corrected chi connectivity index (χ0v) is 8.95. The largest absolute Gasteiger partial charge is 0.395 e. The first-order chi connectivity index (χ1) is 6.76. The van der Waals surface area contributed by atoms with Crippen molar-refractivity contribution in [3.63, 3.8) is 0 Å². The Balaban J connectivity index is 3.84. The number of methoxy groups -OCH3 is 1. The summed E-state index contributed by atoms with van der Waals surface area (Å²) in [5, 5.41) is 11.5. The lowest BCUT2D eigenvalue weighted by molar-refractivity contribution is 0.136. The quantitative estimate of drug-likeness (QED) is 0.616. The lowest BCUT2D eigenvalue weighted by atomic mass is 10.4. The summed E-state index contributed by atoms with van der Waals surface area (Å²) < 4.78 is 4.87. The van der Waals surface area contributed by atoms with Crippen LogP contribution < -0.4 is 5.32 Å². The summed E-state index contributed by atoms with van der Waals surface area (Å²) in [5.41, 5.74) is 0. The first-order valence-electron chi connectivity index (χ1n) is 4.88. The number of aliphatic hydroxyl groups excluding tert-OH is 1. The molecule has 0 atom stereocenters. The molecule has 0 radical (unpaired) electrons. The number of nitrogens with zero attached hydrogens (tertiary/aromatic N) is 1. The molecule has 2 amide bonds. The topological polar surface area (TPSA) is 61.8 Å². The number of hydrogen-bond acceptors (Lipinski definition) is 3. The Morgan fingerprint density at radius 3 is 2.71 bits per heavy atom. The molecule has 0 saturated carbocycles. The molecule has 2 N–H and O–H groups in total. The van der Waals surface area contributed by atoms with Crippen molar-refractivity contribution >= 4 is 6.03 Å². The van der Waals surface area contributed by atoms with Crippen molar-refractivity contribution < 1.29 is 14.6 Å². The number of urea groups is 1. The maximum absolute atomic E-state index is 11.4. The summed E-state index contributed by atoms with van der Waals surface area (Å²) in [7, 11) is 1.58. The van der Waals surface area contributed by atoms with Crippen molar-refractivity contribution in [3.8, 4) is 0 Å². The Labute approximate surface area is 85.0 Å². The second-order valence-corrected chi connectivity index (χ2v) is 2.94. The minimum absolute atomic E-state index is 0.0245. The smallest absolute Gasteiger partial charge is 0.317 e. The highest BCUT2D eigenvalue weighted by Crippen LogP contribution is 1.89. The molecule has 0 saturated heterocycles. The van der Waals surface area contributed by atoms with Crippen molar-refractivity contribution in [1.82, 2.24) is 10.2 Å². The summed E-state index contributed by atoms with van der Waals surface area (Å²) in [6.07, 6.45) is 0.906. The van der Waals surface area contributed by atoms with Gasteiger partial charge in [0.05, 0.1) is 13.2 Å². The van der Waals surface area contributed by atoms with Crippen LogP contribution in [0, 0.1) is 0 Å². The molecule has 0 spiro atoms. The lowest BCUT2D eigenvalue weighted by Crippen LogP contribution is -2.43. The molecule has 14 heavy (non-hydrogen) atoms. The third-order valence-corrected chi connectivity index (χ3v) is 1.75. The first kappa shape index (κ1) is 13.2. The molecule has 0 aromatic heterocycles. The van der Waals surface area contributed by atoms with Gasteiger partial charge in [0.25, 0.3) is 0 Å². The molecule has 0 aliphatic heterocycles. The standard InChI is InChI=1S/C9H20N2O3/c1-3-4-10-9(13)11(5-7-12)6-8-14-2/h12H,3-8H2,1-2H3,(H,10,13). The van der Waals surface area contributed by atoms with E-state index < -0.39 is 0 Å². The molecule has 0 fully saturated rings. The summed E-state index contributed by atoms with van der Waals surface area (Å²) in [5.74, 6) is 0. The SMILES string of the molecule is CCCNC(=O)N(CCO)CCOC. The number of ether oxygens (including phenoxy) is 1. The summed E-state index contributed by atoms with van der Waals surface area (Å²) >= 11 is 0. The van der Waals surface area contributed by atoms with Crippen LogP contribution >= 0.6 is 0 Å². The molecule has 0 aromatic carbocycles. The van der Waals surface area contributed by atoms with E-state index >= 15 is 0 Å². The van der Waals surface area contributed by atoms with Crippen LogP contribution in [0.1, 0.15) is 13.3 Å². The number of carbonyl (C=O) groups is 1. The van der Waals surface area contributed by atoms with Gasteiger partial charge < -0.3 is 20.1 Å². The average molecular weight is 204 g/mol. The van der Waals surface area contributed by atoms with Crippen molar-refractivity contribution in [1.29, 1.82) is 0 Å². The predicted molar refractivity (Wildman–Crippen MR) is 54.2 cm³/mol. The zero-order valence-electron chi connectivity index (χ0n) is 8.95. The fraction of sp³-hybridized carbons (Fsp3) is 0.889. The Kier molecular flexibility index (Phi) is 8.27. The fourth-order valence-electron chi connectivity index (χ4n) is 0.981. The average Bonchev–Trinajstić information content (AvgIpc) is 2.20. The zero-order chi connectivity index (χ0) is 10.8. The second kappa shape index (κ2) is 8.77. The lowest BCUT2D eigenvalue weighted by Gasteiger charge is -2.21. The molecule has 5 nitrogen and oxygen atoms in total. The van der Waals surface area contributed by atoms with Crippen molar-refractivity contribution in [2.45, 2.75) is 13.3 Å². The van der Waals surface area contributed by atoms with Crippen LogP contribution in [-0.2, 0) is 4.74 Å². The second-order valence-electron chi connectivity index (χ2n) is 2.94. The van der Waals surface area contributed by atoms with Crippen LogP contribution in [-0.4, -0.2) is 56.0 Å². The summed E-state index contributed by atoms with van der Waals surface area (Å²) in [6, 6.07) is -0.141. The molecule has 0 aliphatic carbocycles. The van der Waals surface area contributed by atoms with Gasteiger partial charge in [-0.1, -0.05) is 6.92 Å². The molecule has 0 aromatic rings. The molecule has 0 unspecified atom stereocenters. The molecule has 84 valence electrons. The highest BCUT2D eigenvalue weighted by molar-refractivity contribution is 5.74. The van der Waals surface area contributed by atoms with E-state index in [0.717, 1.165) is 6.42 Å². The fourth-order valence-corrected chi connectivity index (χ4v) is 0.981. The van der Waals surface area contributed by atoms with E-state index in [4.69, 9.17) is 9.84 Å². The van der Waals surface area contributed by atoms with Crippen LogP contribution in [0.5, 0.6) is 0 Å². The highest BCUT2D eigenvalue weighted by Gasteiger charge is 2.10. The maximum Gasteiger partial charge on any atom is 0.317 e. The molecule has 0 heterocycles. The molecule has 0 aliphatic rings. The number of carbonyl (C=O) groups excluding carboxylic acids is 1. The monoisotopic (exact) mass is 204 g/mol. The van der Waals surface area contributed by atoms with Gasteiger partial charge in [-0.3, -0.25) is 0 Å². The van der Waals surface area contributed by atoms with Crippen molar-refractivity contribution in [3.05, 3.63) is 0 Å². The Morgan fingerprint density at radius 2 is 2.21 bits per heavy atom. The van der Waals surface area contributed by atoms with Gasteiger partial charge in [0, 0.05) is 26.7 Å². The Hall–Kier alpha value is -0.810. The van der Waals surface area contributed by atoms with Gasteiger partial charge in [-0.05, 0) is 6.42 Å². The van der Waals surface area contributed by atoms with Crippen LogP contribution in [0.3, 0.4) is 0 Å². The van der Waals surface area contributed by atoms with Crippen molar-refractivity contribution in [2.75, 3.05) is 40.0 Å². The van der Waals surface area contributed by atoms with E-state index in [-0.39, 0.29) is 12.6 Å². The van der Waals surface area contributed by atoms with Crippen LogP contribution in [0.4, 0.5) is 4.79 Å². The third kappa shape index (κ3) is 5.77. The predicted octanol–water partition coefficient (Wildman–Crippen LogP) is 0.0467. The molecule has 5 heteroatoms. The molecule has 0 rings (SSSR count). The van der Waals surface area contributed by atoms with Gasteiger partial charge in [-0.15, -0.1) is 0 Å². The maximum atomic E-state index is 11.4. The van der Waals surface area contributed by atoms with Gasteiger partial charge in [0.15, 0.2) is 0 Å². The van der Waals surface area contributed by atoms with Crippen LogP contribution in [0.25, 0.3) is 0 Å². The summed E-state index contributed by atoms with van der Waals surface area (Å²) in [4.78, 5) is 13.0.